The molecule has 0 aliphatic heterocycles. The van der Waals surface area contributed by atoms with Gasteiger partial charge in [0.25, 0.3) is 0 Å². The summed E-state index contributed by atoms with van der Waals surface area (Å²) in [7, 11) is 0. The number of hydrogen-bond acceptors (Lipinski definition) is 5. The first kappa shape index (κ1) is 14.2. The lowest BCUT2D eigenvalue weighted by Gasteiger charge is -2.22. The summed E-state index contributed by atoms with van der Waals surface area (Å²) < 4.78 is 4.97. The van der Waals surface area contributed by atoms with Crippen molar-refractivity contribution in [3.05, 3.63) is 47.1 Å². The van der Waals surface area contributed by atoms with Crippen LogP contribution in [0.2, 0.25) is 0 Å². The van der Waals surface area contributed by atoms with Crippen LogP contribution in [0.25, 0.3) is 0 Å². The Morgan fingerprint density at radius 1 is 1.45 bits per heavy atom. The molecule has 0 aliphatic carbocycles. The molecule has 0 radical (unpaired) electrons. The van der Waals surface area contributed by atoms with Gasteiger partial charge in [0.05, 0.1) is 11.1 Å². The van der Waals surface area contributed by atoms with Crippen molar-refractivity contribution >= 4 is 5.97 Å². The number of carbonyl (C=O) groups is 1. The van der Waals surface area contributed by atoms with Gasteiger partial charge in [0.2, 0.25) is 5.89 Å². The lowest BCUT2D eigenvalue weighted by atomic mass is 10.0. The molecule has 0 spiro atoms. The number of aryl methyl sites for hydroxylation is 1. The van der Waals surface area contributed by atoms with Gasteiger partial charge in [-0.3, -0.25) is 0 Å². The number of nitrogens with one attached hydrogen (secondary N) is 1. The number of carboxylic acid groups (broad SMARTS) is 1. The van der Waals surface area contributed by atoms with Crippen molar-refractivity contribution in [2.45, 2.75) is 32.9 Å². The Morgan fingerprint density at radius 3 is 2.80 bits per heavy atom. The average molecular weight is 275 g/mol. The predicted octanol–water partition coefficient (Wildman–Crippen LogP) is 2.10. The molecule has 0 unspecified atom stereocenters. The summed E-state index contributed by atoms with van der Waals surface area (Å²) >= 11 is 0. The van der Waals surface area contributed by atoms with Gasteiger partial charge >= 0.3 is 5.97 Å². The van der Waals surface area contributed by atoms with Gasteiger partial charge in [0.15, 0.2) is 5.82 Å². The zero-order chi connectivity index (χ0) is 14.8. The van der Waals surface area contributed by atoms with E-state index in [1.165, 1.54) is 0 Å². The van der Waals surface area contributed by atoms with Crippen molar-refractivity contribution in [3.8, 4) is 0 Å². The van der Waals surface area contributed by atoms with Crippen molar-refractivity contribution in [2.75, 3.05) is 0 Å². The zero-order valence-electron chi connectivity index (χ0n) is 11.7. The minimum atomic E-state index is -0.931. The van der Waals surface area contributed by atoms with E-state index in [-0.39, 0.29) is 5.56 Å². The third-order valence-electron chi connectivity index (χ3n) is 2.99. The Labute approximate surface area is 116 Å². The molecule has 0 amide bonds. The molecule has 0 fully saturated rings. The first-order chi connectivity index (χ1) is 9.38. The van der Waals surface area contributed by atoms with Crippen LogP contribution < -0.4 is 5.32 Å². The number of benzene rings is 1. The maximum atomic E-state index is 10.9. The van der Waals surface area contributed by atoms with Gasteiger partial charge in [0, 0.05) is 13.5 Å². The van der Waals surface area contributed by atoms with Gasteiger partial charge in [-0.1, -0.05) is 17.3 Å². The lowest BCUT2D eigenvalue weighted by molar-refractivity contribution is 0.0696. The SMILES string of the molecule is Cc1nc(C(C)(C)NCc2cccc(C(=O)O)c2)no1. The Hall–Kier alpha value is -2.21. The van der Waals surface area contributed by atoms with Crippen LogP contribution in [0.3, 0.4) is 0 Å². The molecule has 0 atom stereocenters. The second kappa shape index (κ2) is 5.42. The summed E-state index contributed by atoms with van der Waals surface area (Å²) in [6, 6.07) is 6.81. The molecule has 1 aromatic heterocycles. The molecule has 1 aromatic carbocycles. The van der Waals surface area contributed by atoms with Gasteiger partial charge in [-0.05, 0) is 31.5 Å². The average Bonchev–Trinajstić information content (AvgIpc) is 2.84. The van der Waals surface area contributed by atoms with Crippen molar-refractivity contribution in [1.82, 2.24) is 15.5 Å². The van der Waals surface area contributed by atoms with Crippen LogP contribution in [0.1, 0.15) is 41.5 Å². The molecule has 0 saturated heterocycles. The van der Waals surface area contributed by atoms with Crippen molar-refractivity contribution in [2.24, 2.45) is 0 Å². The second-order valence-corrected chi connectivity index (χ2v) is 5.12. The molecule has 1 heterocycles. The minimum absolute atomic E-state index is 0.275. The van der Waals surface area contributed by atoms with Crippen LogP contribution in [-0.2, 0) is 12.1 Å². The summed E-state index contributed by atoms with van der Waals surface area (Å²) in [4.78, 5) is 15.1. The molecule has 20 heavy (non-hydrogen) atoms. The fourth-order valence-corrected chi connectivity index (χ4v) is 1.77. The van der Waals surface area contributed by atoms with E-state index < -0.39 is 11.5 Å². The van der Waals surface area contributed by atoms with E-state index in [0.29, 0.717) is 18.3 Å². The second-order valence-electron chi connectivity index (χ2n) is 5.12. The van der Waals surface area contributed by atoms with E-state index in [9.17, 15) is 4.79 Å². The van der Waals surface area contributed by atoms with Gasteiger partial charge in [-0.25, -0.2) is 4.79 Å². The van der Waals surface area contributed by atoms with Gasteiger partial charge in [0.1, 0.15) is 0 Å². The van der Waals surface area contributed by atoms with Gasteiger partial charge < -0.3 is 14.9 Å². The number of aromatic nitrogens is 2. The maximum Gasteiger partial charge on any atom is 0.335 e. The molecule has 2 rings (SSSR count). The fourth-order valence-electron chi connectivity index (χ4n) is 1.77. The Bertz CT molecular complexity index is 620. The molecule has 0 aliphatic rings. The molecule has 6 heteroatoms. The number of nitrogens with zero attached hydrogens (tertiary/aromatic N) is 2. The highest BCUT2D eigenvalue weighted by molar-refractivity contribution is 5.87. The normalized spacial score (nSPS) is 11.6. The van der Waals surface area contributed by atoms with E-state index in [1.54, 1.807) is 25.1 Å². The number of rotatable bonds is 5. The number of carboxylic acids is 1. The van der Waals surface area contributed by atoms with Crippen LogP contribution in [0.5, 0.6) is 0 Å². The summed E-state index contributed by atoms with van der Waals surface area (Å²) in [6.07, 6.45) is 0. The van der Waals surface area contributed by atoms with Crippen molar-refractivity contribution in [1.29, 1.82) is 0 Å². The topological polar surface area (TPSA) is 88.2 Å². The van der Waals surface area contributed by atoms with Crippen LogP contribution >= 0.6 is 0 Å². The Morgan fingerprint density at radius 2 is 2.20 bits per heavy atom. The first-order valence-electron chi connectivity index (χ1n) is 6.26. The molecular weight excluding hydrogens is 258 g/mol. The van der Waals surface area contributed by atoms with E-state index in [1.807, 2.05) is 19.9 Å². The monoisotopic (exact) mass is 275 g/mol. The third kappa shape index (κ3) is 3.21. The van der Waals surface area contributed by atoms with Gasteiger partial charge in [-0.2, -0.15) is 4.98 Å². The summed E-state index contributed by atoms with van der Waals surface area (Å²) in [5, 5.41) is 16.2. The maximum absolute atomic E-state index is 10.9. The molecule has 0 saturated carbocycles. The summed E-state index contributed by atoms with van der Waals surface area (Å²) in [5.74, 6) is 0.159. The third-order valence-corrected chi connectivity index (χ3v) is 2.99. The van der Waals surface area contributed by atoms with Crippen LogP contribution in [0.4, 0.5) is 0 Å². The highest BCUT2D eigenvalue weighted by Crippen LogP contribution is 2.17. The Balaban J connectivity index is 2.08. The van der Waals surface area contributed by atoms with E-state index in [0.717, 1.165) is 5.56 Å². The van der Waals surface area contributed by atoms with Crippen LogP contribution in [0.15, 0.2) is 28.8 Å². The van der Waals surface area contributed by atoms with Crippen LogP contribution in [0, 0.1) is 6.92 Å². The predicted molar refractivity (Wildman–Crippen MR) is 72.3 cm³/mol. The zero-order valence-corrected chi connectivity index (χ0v) is 11.7. The summed E-state index contributed by atoms with van der Waals surface area (Å²) in [6.45, 7) is 6.14. The minimum Gasteiger partial charge on any atom is -0.478 e. The molecule has 0 bridgehead atoms. The lowest BCUT2D eigenvalue weighted by Crippen LogP contribution is -2.37. The van der Waals surface area contributed by atoms with Crippen molar-refractivity contribution in [3.63, 3.8) is 0 Å². The molecule has 2 aromatic rings. The molecule has 6 nitrogen and oxygen atoms in total. The highest BCUT2D eigenvalue weighted by Gasteiger charge is 2.25. The number of hydrogen-bond donors (Lipinski definition) is 2. The summed E-state index contributed by atoms with van der Waals surface area (Å²) in [5.41, 5.74) is 0.701. The van der Waals surface area contributed by atoms with E-state index in [2.05, 4.69) is 15.5 Å². The highest BCUT2D eigenvalue weighted by atomic mass is 16.5. The van der Waals surface area contributed by atoms with Crippen LogP contribution in [-0.4, -0.2) is 21.2 Å². The Kier molecular flexibility index (Phi) is 3.85. The van der Waals surface area contributed by atoms with Crippen molar-refractivity contribution < 1.29 is 14.4 Å². The van der Waals surface area contributed by atoms with E-state index >= 15 is 0 Å². The standard InChI is InChI=1S/C14H17N3O3/c1-9-16-13(17-20-9)14(2,3)15-8-10-5-4-6-11(7-10)12(18)19/h4-7,15H,8H2,1-3H3,(H,18,19). The van der Waals surface area contributed by atoms with E-state index in [4.69, 9.17) is 9.63 Å². The number of aromatic carboxylic acids is 1. The quantitative estimate of drug-likeness (QED) is 0.868. The molecule has 2 N–H and O–H groups in total. The first-order valence-corrected chi connectivity index (χ1v) is 6.26. The molecular formula is C14H17N3O3. The fraction of sp³-hybridized carbons (Fsp3) is 0.357. The van der Waals surface area contributed by atoms with Gasteiger partial charge in [-0.15, -0.1) is 0 Å². The molecule has 106 valence electrons. The largest absolute Gasteiger partial charge is 0.478 e. The smallest absolute Gasteiger partial charge is 0.335 e.